The summed E-state index contributed by atoms with van der Waals surface area (Å²) in [5, 5.41) is 0. The number of rotatable bonds is 8. The Labute approximate surface area is 256 Å². The number of ketones is 4. The predicted molar refractivity (Wildman–Crippen MR) is 169 cm³/mol. The Bertz CT molecular complexity index is 1590. The summed E-state index contributed by atoms with van der Waals surface area (Å²) in [6.45, 7) is 0. The second-order valence-electron chi connectivity index (χ2n) is 11.7. The fraction of sp³-hybridized carbons (Fsp3) is 0.150. The third-order valence-corrected chi connectivity index (χ3v) is 9.48. The van der Waals surface area contributed by atoms with Gasteiger partial charge < -0.3 is 0 Å². The van der Waals surface area contributed by atoms with E-state index in [4.69, 9.17) is 0 Å². The average Bonchev–Trinajstić information content (AvgIpc) is 3.11. The number of carbonyl (C=O) groups excluding carboxylic acids is 4. The lowest BCUT2D eigenvalue weighted by Crippen LogP contribution is -2.57. The van der Waals surface area contributed by atoms with Gasteiger partial charge in [0.15, 0.2) is 23.1 Å². The van der Waals surface area contributed by atoms with Crippen LogP contribution in [0.1, 0.15) is 64.4 Å². The van der Waals surface area contributed by atoms with Gasteiger partial charge in [0, 0.05) is 57.8 Å². The van der Waals surface area contributed by atoms with Crippen molar-refractivity contribution >= 4 is 23.1 Å². The molecule has 3 aliphatic rings. The zero-order valence-electron chi connectivity index (χ0n) is 24.0. The number of Topliss-reactive ketones (excluding diaryl/α,β-unsaturated/α-hetero) is 4. The predicted octanol–water partition coefficient (Wildman–Crippen LogP) is 7.88. The Kier molecular flexibility index (Phi) is 7.19. The number of hydrogen-bond donors (Lipinski definition) is 0. The second-order valence-corrected chi connectivity index (χ2v) is 11.7. The average molecular weight is 575 g/mol. The first-order chi connectivity index (χ1) is 21.6. The van der Waals surface area contributed by atoms with Crippen LogP contribution in [0.4, 0.5) is 0 Å². The van der Waals surface area contributed by atoms with Gasteiger partial charge in [-0.15, -0.1) is 0 Å². The summed E-state index contributed by atoms with van der Waals surface area (Å²) < 4.78 is 0. The molecule has 0 aliphatic heterocycles. The smallest absolute Gasteiger partial charge is 0.167 e. The highest BCUT2D eigenvalue weighted by molar-refractivity contribution is 6.11. The van der Waals surface area contributed by atoms with Crippen molar-refractivity contribution in [1.82, 2.24) is 0 Å². The van der Waals surface area contributed by atoms with Crippen LogP contribution in [0.2, 0.25) is 0 Å². The van der Waals surface area contributed by atoms with Crippen LogP contribution < -0.4 is 0 Å². The summed E-state index contributed by atoms with van der Waals surface area (Å²) >= 11 is 0. The molecule has 3 unspecified atom stereocenters. The Balaban J connectivity index is 1.50. The number of fused-ring (bicyclic) bond motifs is 2. The number of hydrogen-bond acceptors (Lipinski definition) is 4. The van der Waals surface area contributed by atoms with Gasteiger partial charge in [-0.25, -0.2) is 0 Å². The lowest BCUT2D eigenvalue weighted by molar-refractivity contribution is 0.0260. The van der Waals surface area contributed by atoms with Crippen LogP contribution in [0, 0.1) is 23.7 Å². The SMILES string of the molecule is O=C(c1ccccc1)C1C2c3ccccc3C([C@@H]1C(=O)c1ccccc1)[C@H](C(=O)c1ccccc1)[C@@H]2C(=O)c1ccccc1. The molecule has 4 heteroatoms. The maximum absolute atomic E-state index is 14.6. The fourth-order valence-corrected chi connectivity index (χ4v) is 7.72. The van der Waals surface area contributed by atoms with Crippen LogP contribution in [-0.2, 0) is 0 Å². The molecular formula is C40H30O4. The fourth-order valence-electron chi connectivity index (χ4n) is 7.72. The van der Waals surface area contributed by atoms with E-state index in [9.17, 15) is 19.2 Å². The van der Waals surface area contributed by atoms with E-state index in [2.05, 4.69) is 0 Å². The zero-order valence-corrected chi connectivity index (χ0v) is 24.0. The van der Waals surface area contributed by atoms with E-state index >= 15 is 0 Å². The highest BCUT2D eigenvalue weighted by Gasteiger charge is 2.63. The van der Waals surface area contributed by atoms with Crippen LogP contribution in [0.3, 0.4) is 0 Å². The lowest BCUT2D eigenvalue weighted by Gasteiger charge is -2.55. The minimum absolute atomic E-state index is 0.180. The third-order valence-electron chi connectivity index (χ3n) is 9.48. The molecule has 2 bridgehead atoms. The van der Waals surface area contributed by atoms with Gasteiger partial charge in [0.25, 0.3) is 0 Å². The van der Waals surface area contributed by atoms with Crippen LogP contribution >= 0.6 is 0 Å². The summed E-state index contributed by atoms with van der Waals surface area (Å²) in [5.41, 5.74) is 3.71. The first-order valence-electron chi connectivity index (χ1n) is 15.0. The molecule has 1 saturated carbocycles. The molecule has 0 aromatic heterocycles. The standard InChI is InChI=1S/C40H30O4/c41-37(25-15-5-1-6-16-25)33-31-29-23-13-14-24-30(29)32(34(33)38(42)26-17-7-2-8-18-26)36(40(44)28-21-11-4-12-22-28)35(31)39(43)27-19-9-3-10-20-27/h1-24,31-36H/t31?,32?,33-,34+,35-,36?/m0/s1. The Morgan fingerprint density at radius 1 is 0.295 bits per heavy atom. The Morgan fingerprint density at radius 2 is 0.500 bits per heavy atom. The third kappa shape index (κ3) is 4.55. The van der Waals surface area contributed by atoms with Gasteiger partial charge in [-0.1, -0.05) is 146 Å². The molecule has 214 valence electrons. The van der Waals surface area contributed by atoms with E-state index in [0.717, 1.165) is 11.1 Å². The van der Waals surface area contributed by atoms with Gasteiger partial charge in [0.2, 0.25) is 0 Å². The lowest BCUT2D eigenvalue weighted by atomic mass is 9.44. The quantitative estimate of drug-likeness (QED) is 0.177. The molecule has 8 rings (SSSR count). The molecule has 0 heterocycles. The zero-order chi connectivity index (χ0) is 30.2. The Hall–Kier alpha value is -5.22. The topological polar surface area (TPSA) is 68.3 Å². The van der Waals surface area contributed by atoms with Crippen LogP contribution in [0.25, 0.3) is 0 Å². The minimum Gasteiger partial charge on any atom is -0.294 e. The van der Waals surface area contributed by atoms with E-state index in [-0.39, 0.29) is 23.1 Å². The van der Waals surface area contributed by atoms with Crippen molar-refractivity contribution in [1.29, 1.82) is 0 Å². The van der Waals surface area contributed by atoms with E-state index in [1.165, 1.54) is 0 Å². The maximum Gasteiger partial charge on any atom is 0.167 e. The van der Waals surface area contributed by atoms with Gasteiger partial charge >= 0.3 is 0 Å². The molecule has 3 aliphatic carbocycles. The van der Waals surface area contributed by atoms with Gasteiger partial charge in [-0.3, -0.25) is 19.2 Å². The summed E-state index contributed by atoms with van der Waals surface area (Å²) in [7, 11) is 0. The molecule has 0 spiro atoms. The van der Waals surface area contributed by atoms with Crippen LogP contribution in [-0.4, -0.2) is 23.1 Å². The number of benzene rings is 5. The van der Waals surface area contributed by atoms with Crippen molar-refractivity contribution in [3.05, 3.63) is 179 Å². The van der Waals surface area contributed by atoms with Crippen LogP contribution in [0.5, 0.6) is 0 Å². The van der Waals surface area contributed by atoms with Crippen molar-refractivity contribution in [2.24, 2.45) is 23.7 Å². The second kappa shape index (κ2) is 11.5. The molecule has 0 radical (unpaired) electrons. The first-order valence-corrected chi connectivity index (χ1v) is 15.0. The van der Waals surface area contributed by atoms with E-state index in [0.29, 0.717) is 22.3 Å². The molecule has 0 saturated heterocycles. The maximum atomic E-state index is 14.6. The van der Waals surface area contributed by atoms with E-state index in [1.807, 2.05) is 97.1 Å². The number of carbonyl (C=O) groups is 4. The summed E-state index contributed by atoms with van der Waals surface area (Å²) in [4.78, 5) is 58.6. The van der Waals surface area contributed by atoms with Crippen molar-refractivity contribution < 1.29 is 19.2 Å². The normalized spacial score (nSPS) is 23.4. The van der Waals surface area contributed by atoms with Crippen molar-refractivity contribution in [2.45, 2.75) is 11.8 Å². The summed E-state index contributed by atoms with van der Waals surface area (Å²) in [6, 6.07) is 43.8. The van der Waals surface area contributed by atoms with Gasteiger partial charge in [-0.2, -0.15) is 0 Å². The van der Waals surface area contributed by atoms with E-state index < -0.39 is 35.5 Å². The summed E-state index contributed by atoms with van der Waals surface area (Å²) in [6.07, 6.45) is 0. The molecule has 5 aromatic carbocycles. The molecule has 1 fully saturated rings. The van der Waals surface area contributed by atoms with Gasteiger partial charge in [0.05, 0.1) is 0 Å². The van der Waals surface area contributed by atoms with Crippen molar-refractivity contribution in [3.8, 4) is 0 Å². The molecule has 0 amide bonds. The molecule has 4 nitrogen and oxygen atoms in total. The molecule has 6 atom stereocenters. The molecule has 0 N–H and O–H groups in total. The molecular weight excluding hydrogens is 544 g/mol. The van der Waals surface area contributed by atoms with Gasteiger partial charge in [-0.05, 0) is 11.1 Å². The highest BCUT2D eigenvalue weighted by atomic mass is 16.1. The Morgan fingerprint density at radius 3 is 0.727 bits per heavy atom. The largest absolute Gasteiger partial charge is 0.294 e. The van der Waals surface area contributed by atoms with Crippen molar-refractivity contribution in [3.63, 3.8) is 0 Å². The summed E-state index contributed by atoms with van der Waals surface area (Å²) in [5.74, 6) is -5.39. The van der Waals surface area contributed by atoms with Crippen LogP contribution in [0.15, 0.2) is 146 Å². The molecule has 44 heavy (non-hydrogen) atoms. The first kappa shape index (κ1) is 27.6. The highest BCUT2D eigenvalue weighted by Crippen LogP contribution is 2.63. The minimum atomic E-state index is -0.831. The monoisotopic (exact) mass is 574 g/mol. The van der Waals surface area contributed by atoms with Gasteiger partial charge in [0.1, 0.15) is 0 Å². The molecule has 5 aromatic rings. The van der Waals surface area contributed by atoms with Crippen molar-refractivity contribution in [2.75, 3.05) is 0 Å². The van der Waals surface area contributed by atoms with E-state index in [1.54, 1.807) is 48.5 Å².